The molecule has 0 saturated heterocycles. The molecule has 0 fully saturated rings. The Morgan fingerprint density at radius 2 is 1.92 bits per heavy atom. The summed E-state index contributed by atoms with van der Waals surface area (Å²) in [5, 5.41) is 22.9. The molecule has 5 aromatic rings. The molecular formula is C25H21N7O4. The Labute approximate surface area is 205 Å². The molecule has 36 heavy (non-hydrogen) atoms. The zero-order valence-electron chi connectivity index (χ0n) is 19.7. The lowest BCUT2D eigenvalue weighted by molar-refractivity contribution is -0.384. The third kappa shape index (κ3) is 4.37. The highest BCUT2D eigenvalue weighted by Gasteiger charge is 2.18. The van der Waals surface area contributed by atoms with Crippen molar-refractivity contribution in [2.75, 3.05) is 5.32 Å². The maximum atomic E-state index is 13.1. The van der Waals surface area contributed by atoms with Gasteiger partial charge in [-0.05, 0) is 37.6 Å². The van der Waals surface area contributed by atoms with E-state index in [1.807, 2.05) is 39.1 Å². The predicted octanol–water partition coefficient (Wildman–Crippen LogP) is 4.70. The number of benzene rings is 2. The van der Waals surface area contributed by atoms with E-state index in [1.54, 1.807) is 39.8 Å². The number of aryl methyl sites for hydroxylation is 2. The largest absolute Gasteiger partial charge is 0.457 e. The van der Waals surface area contributed by atoms with Gasteiger partial charge in [0.25, 0.3) is 11.6 Å². The summed E-state index contributed by atoms with van der Waals surface area (Å²) in [6.45, 7) is 3.85. The maximum absolute atomic E-state index is 13.1. The number of hydrogen-bond donors (Lipinski definition) is 1. The lowest BCUT2D eigenvalue weighted by Gasteiger charge is -2.09. The van der Waals surface area contributed by atoms with Gasteiger partial charge in [-0.15, -0.1) is 0 Å². The third-order valence-corrected chi connectivity index (χ3v) is 5.69. The van der Waals surface area contributed by atoms with Gasteiger partial charge < -0.3 is 10.1 Å². The third-order valence-electron chi connectivity index (χ3n) is 5.69. The minimum absolute atomic E-state index is 0.101. The number of nitro benzene ring substituents is 1. The number of rotatable bonds is 6. The van der Waals surface area contributed by atoms with Crippen molar-refractivity contribution >= 4 is 22.9 Å². The molecule has 0 bridgehead atoms. The van der Waals surface area contributed by atoms with E-state index in [1.165, 1.54) is 18.2 Å². The average molecular weight is 483 g/mol. The Morgan fingerprint density at radius 1 is 1.08 bits per heavy atom. The minimum Gasteiger partial charge on any atom is -0.457 e. The predicted molar refractivity (Wildman–Crippen MR) is 132 cm³/mol. The molecular weight excluding hydrogens is 462 g/mol. The zero-order valence-corrected chi connectivity index (χ0v) is 19.7. The van der Waals surface area contributed by atoms with Gasteiger partial charge in [-0.2, -0.15) is 10.2 Å². The highest BCUT2D eigenvalue weighted by Crippen LogP contribution is 2.30. The summed E-state index contributed by atoms with van der Waals surface area (Å²) in [6.07, 6.45) is 3.36. The number of fused-ring (bicyclic) bond motifs is 1. The smallest absolute Gasteiger partial charge is 0.276 e. The van der Waals surface area contributed by atoms with Crippen LogP contribution < -0.4 is 10.1 Å². The molecule has 11 heteroatoms. The van der Waals surface area contributed by atoms with Crippen LogP contribution in [0.15, 0.2) is 67.0 Å². The summed E-state index contributed by atoms with van der Waals surface area (Å²) in [7, 11) is 1.84. The second kappa shape index (κ2) is 8.95. The van der Waals surface area contributed by atoms with E-state index >= 15 is 0 Å². The van der Waals surface area contributed by atoms with E-state index < -0.39 is 10.8 Å². The SMILES string of the molecule is Cc1cccc(Oc2cc(NC(=O)c3cc4nccc(-c5cnn(C)c5C)n4n3)cc([N+](=O)[O-])c2)c1. The molecule has 1 N–H and O–H groups in total. The summed E-state index contributed by atoms with van der Waals surface area (Å²) in [6, 6.07) is 14.7. The lowest BCUT2D eigenvalue weighted by Crippen LogP contribution is -2.13. The van der Waals surface area contributed by atoms with Gasteiger partial charge in [0.2, 0.25) is 0 Å². The van der Waals surface area contributed by atoms with Crippen LogP contribution in [0.2, 0.25) is 0 Å². The van der Waals surface area contributed by atoms with Gasteiger partial charge in [-0.3, -0.25) is 19.6 Å². The number of amides is 1. The first-order chi connectivity index (χ1) is 17.3. The second-order valence-electron chi connectivity index (χ2n) is 8.24. The molecule has 0 aliphatic rings. The number of nitrogens with one attached hydrogen (secondary N) is 1. The number of anilines is 1. The molecule has 2 aromatic carbocycles. The van der Waals surface area contributed by atoms with Crippen molar-refractivity contribution < 1.29 is 14.5 Å². The molecule has 0 atom stereocenters. The summed E-state index contributed by atoms with van der Waals surface area (Å²) in [5.74, 6) is 0.199. The van der Waals surface area contributed by atoms with Crippen LogP contribution in [0.3, 0.4) is 0 Å². The average Bonchev–Trinajstić information content (AvgIpc) is 3.42. The molecule has 0 radical (unpaired) electrons. The molecule has 0 saturated carbocycles. The number of hydrogen-bond acceptors (Lipinski definition) is 7. The van der Waals surface area contributed by atoms with Gasteiger partial charge in [0.1, 0.15) is 11.5 Å². The Kier molecular flexibility index (Phi) is 5.65. The van der Waals surface area contributed by atoms with Crippen LogP contribution in [0.25, 0.3) is 16.9 Å². The molecule has 180 valence electrons. The number of non-ortho nitro benzene ring substituents is 1. The first-order valence-electron chi connectivity index (χ1n) is 11.0. The topological polar surface area (TPSA) is 129 Å². The Morgan fingerprint density at radius 3 is 2.64 bits per heavy atom. The van der Waals surface area contributed by atoms with Crippen LogP contribution >= 0.6 is 0 Å². The number of ether oxygens (including phenoxy) is 1. The fourth-order valence-corrected chi connectivity index (χ4v) is 3.79. The highest BCUT2D eigenvalue weighted by molar-refractivity contribution is 6.03. The Hall–Kier alpha value is -5.06. The monoisotopic (exact) mass is 483 g/mol. The number of carbonyl (C=O) groups excluding carboxylic acids is 1. The zero-order chi connectivity index (χ0) is 25.4. The van der Waals surface area contributed by atoms with E-state index in [0.29, 0.717) is 11.4 Å². The van der Waals surface area contributed by atoms with Crippen molar-refractivity contribution in [3.8, 4) is 22.8 Å². The van der Waals surface area contributed by atoms with Gasteiger partial charge in [0.05, 0.1) is 28.6 Å². The molecule has 3 heterocycles. The van der Waals surface area contributed by atoms with Crippen LogP contribution in [0, 0.1) is 24.0 Å². The van der Waals surface area contributed by atoms with Crippen molar-refractivity contribution in [2.24, 2.45) is 7.05 Å². The fraction of sp³-hybridized carbons (Fsp3) is 0.120. The van der Waals surface area contributed by atoms with Crippen LogP contribution in [-0.4, -0.2) is 35.2 Å². The van der Waals surface area contributed by atoms with E-state index in [2.05, 4.69) is 20.5 Å². The number of nitro groups is 1. The maximum Gasteiger partial charge on any atom is 0.276 e. The van der Waals surface area contributed by atoms with Crippen LogP contribution in [0.4, 0.5) is 11.4 Å². The standard InChI is InChI=1S/C25H21N7O4/c1-15-5-4-6-19(9-15)36-20-11-17(10-18(12-20)32(34)35)28-25(33)22-13-24-26-8-7-23(31(24)29-22)21-14-27-30(3)16(21)2/h4-14H,1-3H3,(H,28,33). The summed E-state index contributed by atoms with van der Waals surface area (Å²) >= 11 is 0. The van der Waals surface area contributed by atoms with Crippen molar-refractivity contribution in [1.82, 2.24) is 24.4 Å². The van der Waals surface area contributed by atoms with E-state index in [4.69, 9.17) is 4.74 Å². The quantitative estimate of drug-likeness (QED) is 0.274. The highest BCUT2D eigenvalue weighted by atomic mass is 16.6. The molecule has 0 aliphatic heterocycles. The molecule has 0 spiro atoms. The van der Waals surface area contributed by atoms with E-state index in [9.17, 15) is 14.9 Å². The number of nitrogens with zero attached hydrogens (tertiary/aromatic N) is 6. The first-order valence-corrected chi connectivity index (χ1v) is 11.0. The lowest BCUT2D eigenvalue weighted by atomic mass is 10.2. The second-order valence-corrected chi connectivity index (χ2v) is 8.24. The van der Waals surface area contributed by atoms with E-state index in [0.717, 1.165) is 22.5 Å². The summed E-state index contributed by atoms with van der Waals surface area (Å²) < 4.78 is 9.13. The van der Waals surface area contributed by atoms with Gasteiger partial charge >= 0.3 is 0 Å². The van der Waals surface area contributed by atoms with Gasteiger partial charge in [-0.25, -0.2) is 9.50 Å². The number of carbonyl (C=O) groups is 1. The van der Waals surface area contributed by atoms with Crippen molar-refractivity contribution in [1.29, 1.82) is 0 Å². The molecule has 0 unspecified atom stereocenters. The molecule has 1 amide bonds. The Balaban J connectivity index is 1.46. The summed E-state index contributed by atoms with van der Waals surface area (Å²) in [4.78, 5) is 28.3. The van der Waals surface area contributed by atoms with Crippen molar-refractivity contribution in [2.45, 2.75) is 13.8 Å². The number of aromatic nitrogens is 5. The van der Waals surface area contributed by atoms with Crippen molar-refractivity contribution in [3.63, 3.8) is 0 Å². The molecule has 0 aliphatic carbocycles. The molecule has 3 aromatic heterocycles. The van der Waals surface area contributed by atoms with Crippen LogP contribution in [-0.2, 0) is 7.05 Å². The molecule has 11 nitrogen and oxygen atoms in total. The van der Waals surface area contributed by atoms with Crippen LogP contribution in [0.5, 0.6) is 11.5 Å². The normalized spacial score (nSPS) is 11.0. The van der Waals surface area contributed by atoms with Gasteiger partial charge in [-0.1, -0.05) is 12.1 Å². The summed E-state index contributed by atoms with van der Waals surface area (Å²) in [5.41, 5.74) is 4.05. The van der Waals surface area contributed by atoms with Gasteiger partial charge in [0.15, 0.2) is 11.3 Å². The Bertz CT molecular complexity index is 1640. The molecule has 5 rings (SSSR count). The minimum atomic E-state index is -0.546. The van der Waals surface area contributed by atoms with Gasteiger partial charge in [0, 0.05) is 42.7 Å². The first kappa shape index (κ1) is 22.7. The van der Waals surface area contributed by atoms with E-state index in [-0.39, 0.29) is 22.8 Å². The fourth-order valence-electron chi connectivity index (χ4n) is 3.79. The van der Waals surface area contributed by atoms with Crippen molar-refractivity contribution in [3.05, 3.63) is 94.1 Å². The van der Waals surface area contributed by atoms with Crippen LogP contribution in [0.1, 0.15) is 21.7 Å².